The molecule has 0 spiro atoms. The van der Waals surface area contributed by atoms with Gasteiger partial charge in [0.1, 0.15) is 0 Å². The Hall–Kier alpha value is -2.18. The average Bonchev–Trinajstić information content (AvgIpc) is 3.09. The van der Waals surface area contributed by atoms with Gasteiger partial charge in [0.2, 0.25) is 5.91 Å². The van der Waals surface area contributed by atoms with Gasteiger partial charge in [-0.1, -0.05) is 44.2 Å². The first-order valence-corrected chi connectivity index (χ1v) is 8.77. The van der Waals surface area contributed by atoms with Gasteiger partial charge in [-0.25, -0.2) is 4.79 Å². The number of benzene rings is 1. The summed E-state index contributed by atoms with van der Waals surface area (Å²) in [6, 6.07) is 11.8. The third kappa shape index (κ3) is 4.91. The number of rotatable bonds is 6. The van der Waals surface area contributed by atoms with Crippen LogP contribution in [0.1, 0.15) is 41.8 Å². The van der Waals surface area contributed by atoms with Gasteiger partial charge in [-0.05, 0) is 28.5 Å². The Balaban J connectivity index is 2.11. The molecule has 24 heavy (non-hydrogen) atoms. The first kappa shape index (κ1) is 18.2. The van der Waals surface area contributed by atoms with Gasteiger partial charge in [0.25, 0.3) is 0 Å². The van der Waals surface area contributed by atoms with Crippen LogP contribution < -0.4 is 16.0 Å². The molecule has 1 heterocycles. The number of thiophene rings is 1. The summed E-state index contributed by atoms with van der Waals surface area (Å²) in [5.41, 5.74) is 2.37. The highest BCUT2D eigenvalue weighted by Gasteiger charge is 2.17. The first-order valence-electron chi connectivity index (χ1n) is 7.89. The summed E-state index contributed by atoms with van der Waals surface area (Å²) in [7, 11) is 1.47. The van der Waals surface area contributed by atoms with E-state index in [-0.39, 0.29) is 18.5 Å². The van der Waals surface area contributed by atoms with Crippen molar-refractivity contribution in [2.45, 2.75) is 25.8 Å². The molecule has 2 aromatic rings. The van der Waals surface area contributed by atoms with Gasteiger partial charge in [-0.2, -0.15) is 0 Å². The largest absolute Gasteiger partial charge is 0.341 e. The molecule has 128 valence electrons. The van der Waals surface area contributed by atoms with E-state index in [4.69, 9.17) is 0 Å². The lowest BCUT2D eigenvalue weighted by atomic mass is 9.98. The van der Waals surface area contributed by atoms with E-state index in [0.717, 1.165) is 10.4 Å². The molecule has 0 bridgehead atoms. The normalized spacial score (nSPS) is 12.0. The van der Waals surface area contributed by atoms with Gasteiger partial charge in [0.05, 0.1) is 12.6 Å². The summed E-state index contributed by atoms with van der Waals surface area (Å²) in [6.07, 6.45) is 0. The van der Waals surface area contributed by atoms with Crippen LogP contribution >= 0.6 is 11.3 Å². The van der Waals surface area contributed by atoms with E-state index in [1.807, 2.05) is 17.5 Å². The highest BCUT2D eigenvalue weighted by Crippen LogP contribution is 2.27. The summed E-state index contributed by atoms with van der Waals surface area (Å²) < 4.78 is 0. The van der Waals surface area contributed by atoms with Crippen molar-refractivity contribution in [3.63, 3.8) is 0 Å². The van der Waals surface area contributed by atoms with Crippen molar-refractivity contribution in [1.29, 1.82) is 0 Å². The van der Waals surface area contributed by atoms with Crippen LogP contribution in [0.2, 0.25) is 0 Å². The minimum Gasteiger partial charge on any atom is -0.341 e. The van der Waals surface area contributed by atoms with Gasteiger partial charge in [-0.3, -0.25) is 15.4 Å². The predicted molar refractivity (Wildman–Crippen MR) is 97.3 cm³/mol. The molecule has 0 radical (unpaired) electrons. The summed E-state index contributed by atoms with van der Waals surface area (Å²) in [5.74, 6) is 0.111. The third-order valence-corrected chi connectivity index (χ3v) is 4.65. The number of carbonyl (C=O) groups excluding carboxylic acids is 2. The molecule has 3 amide bonds. The standard InChI is InChI=1S/C18H23N3O2S/c1-12(2)13-6-8-14(9-7-13)17(15-5-4-10-24-15)20-11-16(22)21-18(23)19-3/h4-10,12,17,20H,11H2,1-3H3,(H2,19,21,22,23)/t17-/m1/s1. The Bertz CT molecular complexity index is 666. The number of nitrogens with one attached hydrogen (secondary N) is 3. The number of urea groups is 1. The van der Waals surface area contributed by atoms with Gasteiger partial charge in [0, 0.05) is 11.9 Å². The number of carbonyl (C=O) groups is 2. The van der Waals surface area contributed by atoms with Crippen molar-refractivity contribution in [1.82, 2.24) is 16.0 Å². The lowest BCUT2D eigenvalue weighted by molar-refractivity contribution is -0.119. The van der Waals surface area contributed by atoms with Gasteiger partial charge < -0.3 is 5.32 Å². The van der Waals surface area contributed by atoms with Gasteiger partial charge in [0.15, 0.2) is 0 Å². The highest BCUT2D eigenvalue weighted by atomic mass is 32.1. The third-order valence-electron chi connectivity index (χ3n) is 3.71. The Labute approximate surface area is 146 Å². The van der Waals surface area contributed by atoms with Crippen LogP contribution in [-0.4, -0.2) is 25.5 Å². The van der Waals surface area contributed by atoms with E-state index in [0.29, 0.717) is 5.92 Å². The minimum absolute atomic E-state index is 0.0575. The molecule has 5 nitrogen and oxygen atoms in total. The second-order valence-electron chi connectivity index (χ2n) is 5.78. The topological polar surface area (TPSA) is 70.2 Å². The van der Waals surface area contributed by atoms with Crippen LogP contribution in [0.15, 0.2) is 41.8 Å². The van der Waals surface area contributed by atoms with Crippen LogP contribution in [-0.2, 0) is 4.79 Å². The molecule has 0 aliphatic heterocycles. The zero-order valence-electron chi connectivity index (χ0n) is 14.1. The Morgan fingerprint density at radius 3 is 2.29 bits per heavy atom. The predicted octanol–water partition coefficient (Wildman–Crippen LogP) is 3.01. The van der Waals surface area contributed by atoms with Crippen molar-refractivity contribution in [3.05, 3.63) is 57.8 Å². The van der Waals surface area contributed by atoms with Gasteiger partial charge in [-0.15, -0.1) is 11.3 Å². The molecule has 0 aliphatic carbocycles. The molecule has 0 aliphatic rings. The molecular weight excluding hydrogens is 322 g/mol. The first-order chi connectivity index (χ1) is 11.5. The highest BCUT2D eigenvalue weighted by molar-refractivity contribution is 7.10. The molecule has 1 aromatic heterocycles. The molecule has 2 rings (SSSR count). The Morgan fingerprint density at radius 1 is 1.08 bits per heavy atom. The molecule has 0 saturated carbocycles. The van der Waals surface area contributed by atoms with Crippen LogP contribution in [0.25, 0.3) is 0 Å². The van der Waals surface area contributed by atoms with Crippen molar-refractivity contribution in [3.8, 4) is 0 Å². The van der Waals surface area contributed by atoms with Crippen molar-refractivity contribution >= 4 is 23.3 Å². The maximum absolute atomic E-state index is 11.8. The summed E-state index contributed by atoms with van der Waals surface area (Å²) in [4.78, 5) is 24.2. The average molecular weight is 345 g/mol. The van der Waals surface area contributed by atoms with E-state index in [1.165, 1.54) is 12.6 Å². The molecular formula is C18H23N3O2S. The molecule has 0 unspecified atom stereocenters. The number of amides is 3. The van der Waals surface area contributed by atoms with E-state index in [1.54, 1.807) is 11.3 Å². The second kappa shape index (κ2) is 8.61. The van der Waals surface area contributed by atoms with E-state index >= 15 is 0 Å². The molecule has 6 heteroatoms. The van der Waals surface area contributed by atoms with E-state index < -0.39 is 6.03 Å². The molecule has 0 fully saturated rings. The number of hydrogen-bond donors (Lipinski definition) is 3. The smallest absolute Gasteiger partial charge is 0.321 e. The quantitative estimate of drug-likeness (QED) is 0.754. The van der Waals surface area contributed by atoms with Crippen LogP contribution in [0.5, 0.6) is 0 Å². The van der Waals surface area contributed by atoms with E-state index in [2.05, 4.69) is 54.1 Å². The van der Waals surface area contributed by atoms with Gasteiger partial charge >= 0.3 is 6.03 Å². The van der Waals surface area contributed by atoms with E-state index in [9.17, 15) is 9.59 Å². The van der Waals surface area contributed by atoms with Crippen LogP contribution in [0.4, 0.5) is 4.79 Å². The summed E-state index contributed by atoms with van der Waals surface area (Å²) in [5, 5.41) is 9.87. The zero-order valence-corrected chi connectivity index (χ0v) is 14.9. The minimum atomic E-state index is -0.504. The van der Waals surface area contributed by atoms with Crippen molar-refractivity contribution in [2.24, 2.45) is 0 Å². The maximum Gasteiger partial charge on any atom is 0.321 e. The zero-order chi connectivity index (χ0) is 17.5. The maximum atomic E-state index is 11.8. The fourth-order valence-corrected chi connectivity index (χ4v) is 3.17. The lowest BCUT2D eigenvalue weighted by Gasteiger charge is -2.18. The number of hydrogen-bond acceptors (Lipinski definition) is 4. The van der Waals surface area contributed by atoms with Crippen molar-refractivity contribution in [2.75, 3.05) is 13.6 Å². The Morgan fingerprint density at radius 2 is 1.75 bits per heavy atom. The SMILES string of the molecule is CNC(=O)NC(=O)CN[C@H](c1ccc(C(C)C)cc1)c1cccs1. The molecule has 3 N–H and O–H groups in total. The lowest BCUT2D eigenvalue weighted by Crippen LogP contribution is -2.42. The summed E-state index contributed by atoms with van der Waals surface area (Å²) in [6.45, 7) is 4.38. The monoisotopic (exact) mass is 345 g/mol. The fraction of sp³-hybridized carbons (Fsp3) is 0.333. The molecule has 0 saturated heterocycles. The Kier molecular flexibility index (Phi) is 6.52. The molecule has 1 atom stereocenters. The summed E-state index contributed by atoms with van der Waals surface area (Å²) >= 11 is 1.63. The van der Waals surface area contributed by atoms with Crippen LogP contribution in [0.3, 0.4) is 0 Å². The van der Waals surface area contributed by atoms with Crippen LogP contribution in [0, 0.1) is 0 Å². The second-order valence-corrected chi connectivity index (χ2v) is 6.76. The molecule has 1 aromatic carbocycles. The fourth-order valence-electron chi connectivity index (χ4n) is 2.34. The van der Waals surface area contributed by atoms with Crippen molar-refractivity contribution < 1.29 is 9.59 Å². The number of imide groups is 1.